The molecule has 144 valence electrons. The summed E-state index contributed by atoms with van der Waals surface area (Å²) in [5.41, 5.74) is -1.61. The van der Waals surface area contributed by atoms with E-state index >= 15 is 0 Å². The monoisotopic (exact) mass is 354 g/mol. The molecule has 0 aromatic carbocycles. The molecule has 2 rings (SSSR count). The van der Waals surface area contributed by atoms with Crippen molar-refractivity contribution in [2.24, 2.45) is 16.7 Å². The van der Waals surface area contributed by atoms with Crippen molar-refractivity contribution in [3.8, 4) is 0 Å². The van der Waals surface area contributed by atoms with Crippen LogP contribution in [0.4, 0.5) is 0 Å². The highest BCUT2D eigenvalue weighted by Gasteiger charge is 2.58. The van der Waals surface area contributed by atoms with E-state index in [0.29, 0.717) is 24.9 Å². The molecule has 1 aliphatic heterocycles. The van der Waals surface area contributed by atoms with Gasteiger partial charge in [-0.2, -0.15) is 0 Å². The number of carboxylic acid groups (broad SMARTS) is 2. The molecule has 2 aliphatic rings. The average molecular weight is 354 g/mol. The lowest BCUT2D eigenvalue weighted by Crippen LogP contribution is -2.54. The predicted molar refractivity (Wildman–Crippen MR) is 98.6 cm³/mol. The Morgan fingerprint density at radius 2 is 1.88 bits per heavy atom. The lowest BCUT2D eigenvalue weighted by atomic mass is 9.66. The third kappa shape index (κ3) is 4.61. The molecule has 0 aromatic heterocycles. The molecule has 1 aliphatic carbocycles. The number of nitrogens with one attached hydrogen (secondary N) is 1. The normalized spacial score (nSPS) is 34.7. The minimum atomic E-state index is -0.921. The molecule has 0 spiro atoms. The molecule has 25 heavy (non-hydrogen) atoms. The molecule has 3 N–H and O–H groups in total. The van der Waals surface area contributed by atoms with Crippen LogP contribution in [-0.2, 0) is 9.59 Å². The van der Waals surface area contributed by atoms with Gasteiger partial charge in [-0.05, 0) is 39.0 Å². The molecular weight excluding hydrogens is 320 g/mol. The Hall–Kier alpha value is -1.40. The minimum absolute atomic E-state index is 0.437. The molecule has 6 heteroatoms. The first-order valence-corrected chi connectivity index (χ1v) is 9.02. The van der Waals surface area contributed by atoms with Gasteiger partial charge in [0, 0.05) is 31.7 Å². The van der Waals surface area contributed by atoms with Crippen LogP contribution < -0.4 is 5.32 Å². The predicted octanol–water partition coefficient (Wildman–Crippen LogP) is 2.45. The smallest absolute Gasteiger partial charge is 0.309 e. The SMILES string of the molecule is C=CCN1C[C@@H](C)NC[C@@H]1C.CC1(C(=O)O)CCC(C(=O)O)C1(C)C. The van der Waals surface area contributed by atoms with Gasteiger partial charge < -0.3 is 15.5 Å². The van der Waals surface area contributed by atoms with E-state index < -0.39 is 28.7 Å². The summed E-state index contributed by atoms with van der Waals surface area (Å²) in [5, 5.41) is 21.5. The van der Waals surface area contributed by atoms with Crippen molar-refractivity contribution < 1.29 is 19.8 Å². The van der Waals surface area contributed by atoms with Crippen LogP contribution in [0.15, 0.2) is 12.7 Å². The molecular formula is C19H34N2O4. The molecule has 6 nitrogen and oxygen atoms in total. The Bertz CT molecular complexity index is 506. The number of hydrogen-bond acceptors (Lipinski definition) is 4. The third-order valence-corrected chi connectivity index (χ3v) is 6.25. The minimum Gasteiger partial charge on any atom is -0.481 e. The fourth-order valence-electron chi connectivity index (χ4n) is 3.83. The van der Waals surface area contributed by atoms with Crippen LogP contribution in [-0.4, -0.2) is 58.8 Å². The summed E-state index contributed by atoms with van der Waals surface area (Å²) in [6.45, 7) is 16.6. The topological polar surface area (TPSA) is 89.9 Å². The Kier molecular flexibility index (Phi) is 7.20. The van der Waals surface area contributed by atoms with E-state index in [-0.39, 0.29) is 0 Å². The number of carbonyl (C=O) groups is 2. The second-order valence-electron chi connectivity index (χ2n) is 8.19. The van der Waals surface area contributed by atoms with Crippen LogP contribution in [0.1, 0.15) is 47.5 Å². The Labute approximate surface area is 151 Å². The van der Waals surface area contributed by atoms with Crippen LogP contribution in [0.2, 0.25) is 0 Å². The maximum atomic E-state index is 11.1. The lowest BCUT2D eigenvalue weighted by molar-refractivity contribution is -0.157. The average Bonchev–Trinajstić information content (AvgIpc) is 2.75. The molecule has 0 amide bonds. The second-order valence-corrected chi connectivity index (χ2v) is 8.19. The van der Waals surface area contributed by atoms with Gasteiger partial charge in [0.05, 0.1) is 11.3 Å². The number of aliphatic carboxylic acids is 2. The number of piperazine rings is 1. The molecule has 0 radical (unpaired) electrons. The molecule has 4 atom stereocenters. The summed E-state index contributed by atoms with van der Waals surface area (Å²) in [7, 11) is 0. The van der Waals surface area contributed by atoms with E-state index in [1.807, 2.05) is 6.08 Å². The number of rotatable bonds is 4. The van der Waals surface area contributed by atoms with Crippen molar-refractivity contribution in [2.75, 3.05) is 19.6 Å². The zero-order chi connectivity index (χ0) is 19.4. The largest absolute Gasteiger partial charge is 0.481 e. The Morgan fingerprint density at radius 1 is 1.28 bits per heavy atom. The van der Waals surface area contributed by atoms with E-state index in [2.05, 4.69) is 30.6 Å². The first kappa shape index (κ1) is 21.6. The van der Waals surface area contributed by atoms with Gasteiger partial charge in [-0.1, -0.05) is 19.9 Å². The lowest BCUT2D eigenvalue weighted by Gasteiger charge is -2.36. The van der Waals surface area contributed by atoms with Gasteiger partial charge in [-0.3, -0.25) is 14.5 Å². The number of nitrogens with zero attached hydrogens (tertiary/aromatic N) is 1. The summed E-state index contributed by atoms with van der Waals surface area (Å²) < 4.78 is 0. The first-order chi connectivity index (χ1) is 11.5. The van der Waals surface area contributed by atoms with Crippen molar-refractivity contribution in [1.82, 2.24) is 10.2 Å². The van der Waals surface area contributed by atoms with Gasteiger partial charge in [0.1, 0.15) is 0 Å². The third-order valence-electron chi connectivity index (χ3n) is 6.25. The number of carboxylic acids is 2. The summed E-state index contributed by atoms with van der Waals surface area (Å²) in [6.07, 6.45) is 2.87. The highest BCUT2D eigenvalue weighted by Crippen LogP contribution is 2.56. The summed E-state index contributed by atoms with van der Waals surface area (Å²) >= 11 is 0. The van der Waals surface area contributed by atoms with Crippen LogP contribution >= 0.6 is 0 Å². The van der Waals surface area contributed by atoms with E-state index in [1.165, 1.54) is 0 Å². The fraction of sp³-hybridized carbons (Fsp3) is 0.789. The summed E-state index contributed by atoms with van der Waals surface area (Å²) in [4.78, 5) is 24.5. The molecule has 1 heterocycles. The molecule has 2 unspecified atom stereocenters. The quantitative estimate of drug-likeness (QED) is 0.672. The van der Waals surface area contributed by atoms with Gasteiger partial charge in [-0.25, -0.2) is 0 Å². The zero-order valence-corrected chi connectivity index (χ0v) is 16.2. The van der Waals surface area contributed by atoms with E-state index in [0.717, 1.165) is 19.6 Å². The summed E-state index contributed by atoms with van der Waals surface area (Å²) in [5.74, 6) is -2.34. The summed E-state index contributed by atoms with van der Waals surface area (Å²) in [6, 6.07) is 1.29. The van der Waals surface area contributed by atoms with Crippen molar-refractivity contribution in [1.29, 1.82) is 0 Å². The van der Waals surface area contributed by atoms with E-state index in [4.69, 9.17) is 10.2 Å². The van der Waals surface area contributed by atoms with Gasteiger partial charge in [-0.15, -0.1) is 6.58 Å². The molecule has 2 fully saturated rings. The van der Waals surface area contributed by atoms with Crippen molar-refractivity contribution in [3.63, 3.8) is 0 Å². The highest BCUT2D eigenvalue weighted by molar-refractivity contribution is 5.80. The maximum absolute atomic E-state index is 11.1. The molecule has 0 aromatic rings. The van der Waals surface area contributed by atoms with Gasteiger partial charge in [0.15, 0.2) is 0 Å². The molecule has 1 saturated carbocycles. The second kappa shape index (κ2) is 8.32. The van der Waals surface area contributed by atoms with Crippen molar-refractivity contribution in [3.05, 3.63) is 12.7 Å². The van der Waals surface area contributed by atoms with E-state index in [1.54, 1.807) is 20.8 Å². The van der Waals surface area contributed by atoms with Crippen LogP contribution in [0.5, 0.6) is 0 Å². The van der Waals surface area contributed by atoms with Crippen LogP contribution in [0.25, 0.3) is 0 Å². The highest BCUT2D eigenvalue weighted by atomic mass is 16.4. The standard InChI is InChI=1S/C10H16O4.C9H18N2/c1-9(2)6(7(11)12)4-5-10(9,3)8(13)14;1-4-5-11-7-8(2)10-6-9(11)3/h6H,4-5H2,1-3H3,(H,11,12)(H,13,14);4,8-10H,1,5-7H2,2-3H3/t;8-,9+/m.1/s1. The molecule has 1 saturated heterocycles. The fourth-order valence-corrected chi connectivity index (χ4v) is 3.83. The van der Waals surface area contributed by atoms with Gasteiger partial charge in [0.25, 0.3) is 0 Å². The van der Waals surface area contributed by atoms with Gasteiger partial charge >= 0.3 is 11.9 Å². The maximum Gasteiger partial charge on any atom is 0.309 e. The molecule has 0 bridgehead atoms. The van der Waals surface area contributed by atoms with Crippen molar-refractivity contribution >= 4 is 11.9 Å². The van der Waals surface area contributed by atoms with Gasteiger partial charge in [0.2, 0.25) is 0 Å². The Morgan fingerprint density at radius 3 is 2.28 bits per heavy atom. The number of hydrogen-bond donors (Lipinski definition) is 3. The van der Waals surface area contributed by atoms with E-state index in [9.17, 15) is 9.59 Å². The first-order valence-electron chi connectivity index (χ1n) is 9.02. The zero-order valence-electron chi connectivity index (χ0n) is 16.2. The Balaban J connectivity index is 0.000000257. The van der Waals surface area contributed by atoms with Crippen molar-refractivity contribution in [2.45, 2.75) is 59.5 Å². The van der Waals surface area contributed by atoms with Crippen LogP contribution in [0.3, 0.4) is 0 Å². The van der Waals surface area contributed by atoms with Crippen LogP contribution in [0, 0.1) is 16.7 Å².